The normalized spacial score (nSPS) is 11.5. The first-order valence-electron chi connectivity index (χ1n) is 7.67. The third-order valence-electron chi connectivity index (χ3n) is 3.70. The Morgan fingerprint density at radius 3 is 2.42 bits per heavy atom. The van der Waals surface area contributed by atoms with E-state index in [-0.39, 0.29) is 5.91 Å². The molecule has 0 fully saturated rings. The van der Waals surface area contributed by atoms with E-state index in [1.165, 1.54) is 5.56 Å². The minimum absolute atomic E-state index is 0.282. The van der Waals surface area contributed by atoms with Crippen molar-refractivity contribution < 1.29 is 4.79 Å². The van der Waals surface area contributed by atoms with Gasteiger partial charge in [-0.05, 0) is 48.9 Å². The van der Waals surface area contributed by atoms with E-state index in [1.807, 2.05) is 29.0 Å². The van der Waals surface area contributed by atoms with E-state index < -0.39 is 0 Å². The predicted molar refractivity (Wildman–Crippen MR) is 96.1 cm³/mol. The maximum Gasteiger partial charge on any atom is 0.278 e. The van der Waals surface area contributed by atoms with E-state index in [9.17, 15) is 4.79 Å². The Labute approximate surface area is 145 Å². The van der Waals surface area contributed by atoms with E-state index in [1.54, 1.807) is 24.3 Å². The molecule has 3 nitrogen and oxygen atoms in total. The van der Waals surface area contributed by atoms with Gasteiger partial charge in [-0.2, -0.15) is 4.99 Å². The minimum Gasteiger partial charge on any atom is -0.328 e. The summed E-state index contributed by atoms with van der Waals surface area (Å²) in [6, 6.07) is 20.7. The number of rotatable bonds is 3. The van der Waals surface area contributed by atoms with Gasteiger partial charge in [0.15, 0.2) is 0 Å². The van der Waals surface area contributed by atoms with Crippen molar-refractivity contribution in [2.45, 2.75) is 13.5 Å². The third kappa shape index (κ3) is 4.00. The first-order valence-corrected chi connectivity index (χ1v) is 8.05. The molecule has 1 amide bonds. The Bertz CT molecular complexity index is 909. The molecular weight excluding hydrogens is 320 g/mol. The molecule has 0 unspecified atom stereocenters. The summed E-state index contributed by atoms with van der Waals surface area (Å²) in [6.45, 7) is 2.72. The summed E-state index contributed by atoms with van der Waals surface area (Å²) < 4.78 is 1.96. The molecular formula is C20H17ClN2O. The fraction of sp³-hybridized carbons (Fsp3) is 0.100. The van der Waals surface area contributed by atoms with Crippen LogP contribution in [0.3, 0.4) is 0 Å². The highest BCUT2D eigenvalue weighted by atomic mass is 35.5. The summed E-state index contributed by atoms with van der Waals surface area (Å²) in [5.74, 6) is -0.282. The van der Waals surface area contributed by atoms with Gasteiger partial charge in [0.25, 0.3) is 5.91 Å². The molecule has 2 aromatic carbocycles. The first kappa shape index (κ1) is 16.2. The zero-order valence-electron chi connectivity index (χ0n) is 13.3. The van der Waals surface area contributed by atoms with Gasteiger partial charge >= 0.3 is 0 Å². The van der Waals surface area contributed by atoms with Crippen LogP contribution in [0.25, 0.3) is 0 Å². The number of amides is 1. The van der Waals surface area contributed by atoms with Crippen LogP contribution >= 0.6 is 11.6 Å². The molecule has 0 atom stereocenters. The Balaban J connectivity index is 1.92. The van der Waals surface area contributed by atoms with Crippen LogP contribution in [-0.2, 0) is 6.54 Å². The van der Waals surface area contributed by atoms with Crippen molar-refractivity contribution in [3.8, 4) is 0 Å². The van der Waals surface area contributed by atoms with Gasteiger partial charge in [-0.3, -0.25) is 4.79 Å². The third-order valence-corrected chi connectivity index (χ3v) is 3.95. The summed E-state index contributed by atoms with van der Waals surface area (Å²) in [5, 5.41) is 0.598. The zero-order chi connectivity index (χ0) is 16.9. The molecule has 0 bridgehead atoms. The first-order chi connectivity index (χ1) is 11.6. The lowest BCUT2D eigenvalue weighted by molar-refractivity contribution is 0.0997. The van der Waals surface area contributed by atoms with Crippen LogP contribution in [0.15, 0.2) is 77.9 Å². The Hall–Kier alpha value is -2.65. The molecule has 4 heteroatoms. The van der Waals surface area contributed by atoms with E-state index >= 15 is 0 Å². The molecule has 0 radical (unpaired) electrons. The topological polar surface area (TPSA) is 34.4 Å². The van der Waals surface area contributed by atoms with Gasteiger partial charge in [0.1, 0.15) is 5.49 Å². The van der Waals surface area contributed by atoms with Gasteiger partial charge in [0.05, 0.1) is 0 Å². The Morgan fingerprint density at radius 1 is 1.00 bits per heavy atom. The number of aromatic nitrogens is 1. The molecule has 0 saturated heterocycles. The Morgan fingerprint density at radius 2 is 1.71 bits per heavy atom. The van der Waals surface area contributed by atoms with Crippen LogP contribution in [0.5, 0.6) is 0 Å². The summed E-state index contributed by atoms with van der Waals surface area (Å²) in [7, 11) is 0. The smallest absolute Gasteiger partial charge is 0.278 e. The zero-order valence-corrected chi connectivity index (χ0v) is 14.1. The molecule has 0 spiro atoms. The van der Waals surface area contributed by atoms with Crippen LogP contribution < -0.4 is 5.49 Å². The number of aryl methyl sites for hydroxylation is 1. The molecule has 0 aliphatic heterocycles. The number of carbonyl (C=O) groups is 1. The summed E-state index contributed by atoms with van der Waals surface area (Å²) in [4.78, 5) is 16.6. The van der Waals surface area contributed by atoms with E-state index in [0.29, 0.717) is 22.6 Å². The lowest BCUT2D eigenvalue weighted by Gasteiger charge is -2.08. The second-order valence-corrected chi connectivity index (χ2v) is 6.03. The highest BCUT2D eigenvalue weighted by molar-refractivity contribution is 6.30. The maximum atomic E-state index is 12.4. The van der Waals surface area contributed by atoms with Crippen molar-refractivity contribution in [3.63, 3.8) is 0 Å². The highest BCUT2D eigenvalue weighted by Gasteiger charge is 2.04. The SMILES string of the molecule is Cc1ccc(Cn2ccccc2=NC(=O)c2ccc(Cl)cc2)cc1. The number of hydrogen-bond donors (Lipinski definition) is 0. The van der Waals surface area contributed by atoms with Crippen LogP contribution in [0.2, 0.25) is 5.02 Å². The average molecular weight is 337 g/mol. The molecule has 0 aliphatic rings. The molecule has 0 N–H and O–H groups in total. The van der Waals surface area contributed by atoms with Crippen molar-refractivity contribution in [2.24, 2.45) is 4.99 Å². The number of carbonyl (C=O) groups excluding carboxylic acids is 1. The van der Waals surface area contributed by atoms with Crippen molar-refractivity contribution in [1.29, 1.82) is 0 Å². The van der Waals surface area contributed by atoms with Crippen molar-refractivity contribution in [3.05, 3.63) is 100 Å². The van der Waals surface area contributed by atoms with Crippen LogP contribution in [-0.4, -0.2) is 10.5 Å². The summed E-state index contributed by atoms with van der Waals surface area (Å²) in [5.41, 5.74) is 3.52. The quantitative estimate of drug-likeness (QED) is 0.704. The maximum absolute atomic E-state index is 12.4. The van der Waals surface area contributed by atoms with E-state index in [0.717, 1.165) is 5.56 Å². The monoisotopic (exact) mass is 336 g/mol. The number of halogens is 1. The fourth-order valence-electron chi connectivity index (χ4n) is 2.35. The molecule has 120 valence electrons. The van der Waals surface area contributed by atoms with E-state index in [2.05, 4.69) is 36.2 Å². The van der Waals surface area contributed by atoms with Crippen LogP contribution in [0.4, 0.5) is 0 Å². The van der Waals surface area contributed by atoms with Gasteiger partial charge < -0.3 is 4.57 Å². The summed E-state index contributed by atoms with van der Waals surface area (Å²) in [6.07, 6.45) is 1.92. The van der Waals surface area contributed by atoms with Crippen LogP contribution in [0, 0.1) is 6.92 Å². The molecule has 3 rings (SSSR count). The lowest BCUT2D eigenvalue weighted by atomic mass is 10.1. The van der Waals surface area contributed by atoms with Gasteiger partial charge in [-0.1, -0.05) is 47.5 Å². The van der Waals surface area contributed by atoms with Gasteiger partial charge in [0, 0.05) is 23.3 Å². The number of hydrogen-bond acceptors (Lipinski definition) is 1. The second kappa shape index (κ2) is 7.28. The fourth-order valence-corrected chi connectivity index (χ4v) is 2.48. The number of benzene rings is 2. The predicted octanol–water partition coefficient (Wildman–Crippen LogP) is 4.24. The molecule has 1 heterocycles. The molecule has 1 aromatic heterocycles. The molecule has 3 aromatic rings. The largest absolute Gasteiger partial charge is 0.328 e. The second-order valence-electron chi connectivity index (χ2n) is 5.60. The summed E-state index contributed by atoms with van der Waals surface area (Å²) >= 11 is 5.86. The Kier molecular flexibility index (Phi) is 4.92. The average Bonchev–Trinajstić information content (AvgIpc) is 2.59. The van der Waals surface area contributed by atoms with Crippen molar-refractivity contribution >= 4 is 17.5 Å². The van der Waals surface area contributed by atoms with Gasteiger partial charge in [0.2, 0.25) is 0 Å². The highest BCUT2D eigenvalue weighted by Crippen LogP contribution is 2.10. The van der Waals surface area contributed by atoms with Crippen molar-refractivity contribution in [1.82, 2.24) is 4.57 Å². The minimum atomic E-state index is -0.282. The van der Waals surface area contributed by atoms with Gasteiger partial charge in [-0.25, -0.2) is 0 Å². The number of nitrogens with zero attached hydrogens (tertiary/aromatic N) is 2. The molecule has 0 aliphatic carbocycles. The molecule has 24 heavy (non-hydrogen) atoms. The molecule has 0 saturated carbocycles. The number of pyridine rings is 1. The standard InChI is InChI=1S/C20H17ClN2O/c1-15-5-7-16(8-6-15)14-23-13-3-2-4-19(23)22-20(24)17-9-11-18(21)12-10-17/h2-13H,14H2,1H3. The van der Waals surface area contributed by atoms with Crippen LogP contribution in [0.1, 0.15) is 21.5 Å². The van der Waals surface area contributed by atoms with Crippen molar-refractivity contribution in [2.75, 3.05) is 0 Å². The lowest BCUT2D eigenvalue weighted by Crippen LogP contribution is -2.22. The van der Waals surface area contributed by atoms with Gasteiger partial charge in [-0.15, -0.1) is 0 Å². The van der Waals surface area contributed by atoms with E-state index in [4.69, 9.17) is 11.6 Å².